The molecule has 2 unspecified atom stereocenters. The van der Waals surface area contributed by atoms with Gasteiger partial charge in [0.25, 0.3) is 5.95 Å². The topological polar surface area (TPSA) is 81.1 Å². The summed E-state index contributed by atoms with van der Waals surface area (Å²) >= 11 is 0. The number of aromatic nitrogens is 3. The molecular weight excluding hydrogens is 445 g/mol. The summed E-state index contributed by atoms with van der Waals surface area (Å²) in [5, 5.41) is 10.8. The molecule has 0 spiro atoms. The third kappa shape index (κ3) is 5.01. The van der Waals surface area contributed by atoms with Crippen molar-refractivity contribution in [1.82, 2.24) is 14.8 Å². The predicted molar refractivity (Wildman–Crippen MR) is 132 cm³/mol. The van der Waals surface area contributed by atoms with Crippen molar-refractivity contribution >= 4 is 17.8 Å². The molecule has 0 radical (unpaired) electrons. The molecule has 178 valence electrons. The molecule has 2 N–H and O–H groups in total. The average Bonchev–Trinajstić information content (AvgIpc) is 3.27. The fourth-order valence-corrected chi connectivity index (χ4v) is 4.31. The van der Waals surface area contributed by atoms with E-state index in [0.29, 0.717) is 12.4 Å². The number of halogens is 1. The Morgan fingerprint density at radius 2 is 1.74 bits per heavy atom. The van der Waals surface area contributed by atoms with Crippen LogP contribution in [-0.4, -0.2) is 27.8 Å². The van der Waals surface area contributed by atoms with Crippen molar-refractivity contribution < 1.29 is 13.9 Å². The van der Waals surface area contributed by atoms with E-state index in [0.717, 1.165) is 22.4 Å². The minimum atomic E-state index is -0.289. The van der Waals surface area contributed by atoms with Crippen LogP contribution < -0.4 is 15.4 Å². The molecule has 2 heterocycles. The van der Waals surface area contributed by atoms with Crippen molar-refractivity contribution in [2.75, 3.05) is 17.7 Å². The van der Waals surface area contributed by atoms with Gasteiger partial charge in [0.1, 0.15) is 11.6 Å². The minimum Gasteiger partial charge on any atom is -0.497 e. The van der Waals surface area contributed by atoms with E-state index in [9.17, 15) is 9.18 Å². The maximum Gasteiger partial charge on any atom is 0.250 e. The van der Waals surface area contributed by atoms with E-state index in [-0.39, 0.29) is 36.2 Å². The average molecular weight is 472 g/mol. The largest absolute Gasteiger partial charge is 0.497 e. The Labute approximate surface area is 203 Å². The molecule has 0 bridgehead atoms. The number of benzene rings is 3. The van der Waals surface area contributed by atoms with Gasteiger partial charge in [0.2, 0.25) is 11.9 Å². The summed E-state index contributed by atoms with van der Waals surface area (Å²) in [6.07, 6.45) is 0.888. The Balaban J connectivity index is 1.40. The van der Waals surface area contributed by atoms with Crippen LogP contribution in [0.3, 0.4) is 0 Å². The van der Waals surface area contributed by atoms with Crippen LogP contribution in [0.5, 0.6) is 5.75 Å². The van der Waals surface area contributed by atoms with Crippen molar-refractivity contribution in [3.8, 4) is 5.75 Å². The SMILES string of the molecule is COc1ccc(CC(=O)Nc2nc3n(n2)C(c2ccc(F)cc2)CC(c2ccc(C)cc2)N3)cc1. The Morgan fingerprint density at radius 1 is 1.06 bits per heavy atom. The number of methoxy groups -OCH3 is 1. The Hall–Kier alpha value is -4.20. The lowest BCUT2D eigenvalue weighted by molar-refractivity contribution is -0.115. The number of rotatable bonds is 6. The first-order chi connectivity index (χ1) is 17.0. The highest BCUT2D eigenvalue weighted by atomic mass is 19.1. The molecular formula is C27H26FN5O2. The number of amides is 1. The summed E-state index contributed by atoms with van der Waals surface area (Å²) in [4.78, 5) is 17.2. The van der Waals surface area contributed by atoms with E-state index in [1.807, 2.05) is 24.3 Å². The second-order valence-electron chi connectivity index (χ2n) is 8.69. The predicted octanol–water partition coefficient (Wildman–Crippen LogP) is 5.06. The summed E-state index contributed by atoms with van der Waals surface area (Å²) in [6, 6.07) is 21.9. The third-order valence-electron chi connectivity index (χ3n) is 6.20. The quantitative estimate of drug-likeness (QED) is 0.411. The van der Waals surface area contributed by atoms with Crippen molar-refractivity contribution in [2.45, 2.75) is 31.8 Å². The van der Waals surface area contributed by atoms with E-state index in [2.05, 4.69) is 51.9 Å². The zero-order valence-corrected chi connectivity index (χ0v) is 19.5. The minimum absolute atomic E-state index is 0.00907. The Kier molecular flexibility index (Phi) is 6.18. The lowest BCUT2D eigenvalue weighted by atomic mass is 9.93. The first-order valence-electron chi connectivity index (χ1n) is 11.5. The van der Waals surface area contributed by atoms with Crippen LogP contribution in [0.2, 0.25) is 0 Å². The molecule has 4 aromatic rings. The maximum absolute atomic E-state index is 13.6. The molecule has 1 aliphatic rings. The molecule has 7 nitrogen and oxygen atoms in total. The van der Waals surface area contributed by atoms with Crippen LogP contribution in [0.4, 0.5) is 16.3 Å². The first kappa shape index (κ1) is 22.6. The molecule has 0 fully saturated rings. The van der Waals surface area contributed by atoms with Crippen molar-refractivity contribution in [2.24, 2.45) is 0 Å². The van der Waals surface area contributed by atoms with Crippen LogP contribution >= 0.6 is 0 Å². The van der Waals surface area contributed by atoms with Gasteiger partial charge in [-0.05, 0) is 54.3 Å². The molecule has 5 rings (SSSR count). The van der Waals surface area contributed by atoms with Gasteiger partial charge in [-0.1, -0.05) is 54.1 Å². The van der Waals surface area contributed by atoms with Gasteiger partial charge in [-0.15, -0.1) is 5.10 Å². The van der Waals surface area contributed by atoms with Crippen molar-refractivity contribution in [3.63, 3.8) is 0 Å². The molecule has 0 aliphatic carbocycles. The van der Waals surface area contributed by atoms with Crippen molar-refractivity contribution in [1.29, 1.82) is 0 Å². The van der Waals surface area contributed by atoms with E-state index in [4.69, 9.17) is 4.74 Å². The van der Waals surface area contributed by atoms with Crippen LogP contribution in [0, 0.1) is 12.7 Å². The number of hydrogen-bond donors (Lipinski definition) is 2. The zero-order chi connectivity index (χ0) is 24.4. The molecule has 1 aromatic heterocycles. The molecule has 3 aromatic carbocycles. The normalized spacial score (nSPS) is 16.8. The summed E-state index contributed by atoms with van der Waals surface area (Å²) in [6.45, 7) is 2.05. The summed E-state index contributed by atoms with van der Waals surface area (Å²) in [5.41, 5.74) is 4.09. The van der Waals surface area contributed by atoms with Gasteiger partial charge < -0.3 is 10.1 Å². The van der Waals surface area contributed by atoms with Gasteiger partial charge in [-0.25, -0.2) is 9.07 Å². The number of fused-ring (bicyclic) bond motifs is 1. The number of carbonyl (C=O) groups excluding carboxylic acids is 1. The number of nitrogens with zero attached hydrogens (tertiary/aromatic N) is 3. The van der Waals surface area contributed by atoms with Gasteiger partial charge in [0.05, 0.1) is 25.6 Å². The smallest absolute Gasteiger partial charge is 0.250 e. The monoisotopic (exact) mass is 471 g/mol. The van der Waals surface area contributed by atoms with Gasteiger partial charge in [0, 0.05) is 0 Å². The highest BCUT2D eigenvalue weighted by Gasteiger charge is 2.31. The maximum atomic E-state index is 13.6. The van der Waals surface area contributed by atoms with Gasteiger partial charge >= 0.3 is 0 Å². The zero-order valence-electron chi connectivity index (χ0n) is 19.5. The summed E-state index contributed by atoms with van der Waals surface area (Å²) in [7, 11) is 1.60. The first-order valence-corrected chi connectivity index (χ1v) is 11.5. The Bertz CT molecular complexity index is 1320. The number of carbonyl (C=O) groups is 1. The standard InChI is InChI=1S/C27H26FN5O2/c1-17-3-7-19(8-4-17)23-16-24(20-9-11-21(28)12-10-20)33-27(29-23)31-26(32-33)30-25(34)15-18-5-13-22(35-2)14-6-18/h3-14,23-24H,15-16H2,1-2H3,(H2,29,30,31,32,34). The lowest BCUT2D eigenvalue weighted by Gasteiger charge is -2.31. The summed E-state index contributed by atoms with van der Waals surface area (Å²) < 4.78 is 20.5. The van der Waals surface area contributed by atoms with E-state index in [1.54, 1.807) is 23.9 Å². The summed E-state index contributed by atoms with van der Waals surface area (Å²) in [5.74, 6) is 1.01. The highest BCUT2D eigenvalue weighted by Crippen LogP contribution is 2.38. The fourth-order valence-electron chi connectivity index (χ4n) is 4.31. The number of nitrogens with one attached hydrogen (secondary N) is 2. The molecule has 0 saturated heterocycles. The van der Waals surface area contributed by atoms with E-state index in [1.165, 1.54) is 17.7 Å². The molecule has 35 heavy (non-hydrogen) atoms. The van der Waals surface area contributed by atoms with Crippen molar-refractivity contribution in [3.05, 3.63) is 101 Å². The molecule has 0 saturated carbocycles. The van der Waals surface area contributed by atoms with Crippen LogP contribution in [0.15, 0.2) is 72.8 Å². The molecule has 1 aliphatic heterocycles. The number of aryl methyl sites for hydroxylation is 1. The molecule has 2 atom stereocenters. The van der Waals surface area contributed by atoms with Gasteiger partial charge in [0.15, 0.2) is 0 Å². The lowest BCUT2D eigenvalue weighted by Crippen LogP contribution is -2.28. The second kappa shape index (κ2) is 9.58. The third-order valence-corrected chi connectivity index (χ3v) is 6.20. The second-order valence-corrected chi connectivity index (χ2v) is 8.69. The fraction of sp³-hybridized carbons (Fsp3) is 0.222. The van der Waals surface area contributed by atoms with Gasteiger partial charge in [-0.2, -0.15) is 4.98 Å². The number of anilines is 2. The van der Waals surface area contributed by atoms with Crippen LogP contribution in [-0.2, 0) is 11.2 Å². The Morgan fingerprint density at radius 3 is 2.43 bits per heavy atom. The highest BCUT2D eigenvalue weighted by molar-refractivity contribution is 5.90. The molecule has 8 heteroatoms. The van der Waals surface area contributed by atoms with Gasteiger partial charge in [-0.3, -0.25) is 10.1 Å². The van der Waals surface area contributed by atoms with E-state index < -0.39 is 0 Å². The van der Waals surface area contributed by atoms with Crippen LogP contribution in [0.1, 0.15) is 40.8 Å². The van der Waals surface area contributed by atoms with E-state index >= 15 is 0 Å². The van der Waals surface area contributed by atoms with Crippen LogP contribution in [0.25, 0.3) is 0 Å². The molecule has 1 amide bonds. The number of hydrogen-bond acceptors (Lipinski definition) is 5. The number of ether oxygens (including phenoxy) is 1.